The summed E-state index contributed by atoms with van der Waals surface area (Å²) >= 11 is 4.72. The highest BCUT2D eigenvalue weighted by molar-refractivity contribution is 7.86. The minimum atomic E-state index is -3.97. The molecule has 0 aliphatic carbocycles. The highest BCUT2D eigenvalue weighted by Gasteiger charge is 2.19. The molecule has 0 N–H and O–H groups in total. The summed E-state index contributed by atoms with van der Waals surface area (Å²) in [6, 6.07) is 5.46. The predicted molar refractivity (Wildman–Crippen MR) is 52.7 cm³/mol. The summed E-state index contributed by atoms with van der Waals surface area (Å²) in [5.41, 5.74) is -0.252. The largest absolute Gasteiger partial charge is 0.287 e. The lowest BCUT2D eigenvalue weighted by Crippen LogP contribution is -2.05. The van der Waals surface area contributed by atoms with Gasteiger partial charge in [0.25, 0.3) is 15.8 Å². The van der Waals surface area contributed by atoms with E-state index in [1.807, 2.05) is 0 Å². The maximum absolute atomic E-state index is 11.0. The molecular weight excluding hydrogens is 246 g/mol. The van der Waals surface area contributed by atoms with Crippen LogP contribution < -0.4 is 0 Å². The lowest BCUT2D eigenvalue weighted by atomic mass is 10.2. The van der Waals surface area contributed by atoms with E-state index in [-0.39, 0.29) is 11.3 Å². The summed E-state index contributed by atoms with van der Waals surface area (Å²) in [5.74, 6) is -0.631. The van der Waals surface area contributed by atoms with Crippen molar-refractivity contribution in [2.75, 3.05) is 0 Å². The molecule has 1 rings (SSSR count). The molecule has 0 saturated heterocycles. The number of para-hydroxylation sites is 1. The zero-order chi connectivity index (χ0) is 11.5. The molecule has 0 radical (unpaired) electrons. The quantitative estimate of drug-likeness (QED) is 0.599. The van der Waals surface area contributed by atoms with E-state index in [2.05, 4.69) is 3.74 Å². The fraction of sp³-hybridized carbons (Fsp3) is 0.143. The smallest absolute Gasteiger partial charge is 0.258 e. The zero-order valence-corrected chi connectivity index (χ0v) is 8.86. The van der Waals surface area contributed by atoms with Crippen LogP contribution in [0.2, 0.25) is 0 Å². The van der Waals surface area contributed by atoms with Gasteiger partial charge in [0, 0.05) is 11.6 Å². The molecule has 15 heavy (non-hydrogen) atoms. The molecule has 0 spiro atoms. The van der Waals surface area contributed by atoms with Gasteiger partial charge in [0.05, 0.1) is 16.8 Å². The Hall–Kier alpha value is -1.18. The van der Waals surface area contributed by atoms with Crippen molar-refractivity contribution in [3.05, 3.63) is 39.9 Å². The van der Waals surface area contributed by atoms with E-state index >= 15 is 0 Å². The van der Waals surface area contributed by atoms with Gasteiger partial charge in [0.15, 0.2) is 0 Å². The summed E-state index contributed by atoms with van der Waals surface area (Å²) in [5, 5.41) is 10.5. The fourth-order valence-electron chi connectivity index (χ4n) is 1.02. The van der Waals surface area contributed by atoms with Crippen LogP contribution in [0.15, 0.2) is 24.3 Å². The molecule has 0 amide bonds. The van der Waals surface area contributed by atoms with Crippen LogP contribution in [0.5, 0.6) is 0 Å². The third-order valence-electron chi connectivity index (χ3n) is 1.62. The van der Waals surface area contributed by atoms with Crippen molar-refractivity contribution in [2.45, 2.75) is 5.75 Å². The van der Waals surface area contributed by atoms with Crippen LogP contribution in [0.4, 0.5) is 5.69 Å². The number of rotatable bonds is 4. The molecule has 0 aliphatic rings. The summed E-state index contributed by atoms with van der Waals surface area (Å²) in [4.78, 5) is 9.87. The third kappa shape index (κ3) is 3.15. The number of hydrogen-bond donors (Lipinski definition) is 0. The molecule has 0 bridgehead atoms. The number of nitro groups is 1. The Morgan fingerprint density at radius 2 is 2.00 bits per heavy atom. The molecule has 82 valence electrons. The number of nitrogens with zero attached hydrogens (tertiary/aromatic N) is 1. The Morgan fingerprint density at radius 3 is 2.53 bits per heavy atom. The van der Waals surface area contributed by atoms with Crippen molar-refractivity contribution >= 4 is 27.7 Å². The van der Waals surface area contributed by atoms with Gasteiger partial charge in [-0.25, -0.2) is 0 Å². The van der Waals surface area contributed by atoms with Gasteiger partial charge >= 0.3 is 0 Å². The average molecular weight is 252 g/mol. The van der Waals surface area contributed by atoms with Crippen molar-refractivity contribution < 1.29 is 17.1 Å². The SMILES string of the molecule is O=[N+]([O-])c1ccccc1CS(=O)(=O)OCl. The Bertz CT molecular complexity index is 472. The molecule has 0 aromatic heterocycles. The first-order valence-corrected chi connectivity index (χ1v) is 5.60. The van der Waals surface area contributed by atoms with Crippen molar-refractivity contribution in [3.63, 3.8) is 0 Å². The third-order valence-corrected chi connectivity index (χ3v) is 3.05. The van der Waals surface area contributed by atoms with Crippen LogP contribution >= 0.6 is 11.9 Å². The van der Waals surface area contributed by atoms with E-state index in [1.165, 1.54) is 24.3 Å². The second-order valence-electron chi connectivity index (χ2n) is 2.65. The second kappa shape index (κ2) is 4.56. The van der Waals surface area contributed by atoms with Gasteiger partial charge in [-0.05, 0) is 0 Å². The minimum absolute atomic E-state index is 0.0307. The van der Waals surface area contributed by atoms with Crippen molar-refractivity contribution in [2.24, 2.45) is 0 Å². The second-order valence-corrected chi connectivity index (χ2v) is 4.56. The summed E-state index contributed by atoms with van der Waals surface area (Å²) in [7, 11) is -3.97. The molecular formula is C7H6ClNO5S. The van der Waals surface area contributed by atoms with Crippen molar-refractivity contribution in [3.8, 4) is 0 Å². The maximum Gasteiger partial charge on any atom is 0.287 e. The van der Waals surface area contributed by atoms with E-state index in [4.69, 9.17) is 11.9 Å². The predicted octanol–water partition coefficient (Wildman–Crippen LogP) is 1.60. The Labute approximate surface area is 90.9 Å². The van der Waals surface area contributed by atoms with Crippen LogP contribution in [0, 0.1) is 10.1 Å². The molecule has 0 atom stereocenters. The van der Waals surface area contributed by atoms with E-state index in [9.17, 15) is 18.5 Å². The first-order chi connectivity index (χ1) is 6.96. The minimum Gasteiger partial charge on any atom is -0.258 e. The lowest BCUT2D eigenvalue weighted by Gasteiger charge is -2.00. The number of halogens is 1. The van der Waals surface area contributed by atoms with Gasteiger partial charge in [0.2, 0.25) is 0 Å². The Kier molecular flexibility index (Phi) is 3.61. The molecule has 0 saturated carbocycles. The highest BCUT2D eigenvalue weighted by atomic mass is 35.5. The van der Waals surface area contributed by atoms with Crippen LogP contribution in [0.1, 0.15) is 5.56 Å². The molecule has 0 unspecified atom stereocenters. The first-order valence-electron chi connectivity index (χ1n) is 3.71. The van der Waals surface area contributed by atoms with E-state index < -0.39 is 20.8 Å². The number of benzene rings is 1. The number of hydrogen-bond acceptors (Lipinski definition) is 5. The summed E-state index contributed by atoms with van der Waals surface area (Å²) < 4.78 is 25.6. The molecule has 1 aromatic carbocycles. The van der Waals surface area contributed by atoms with Crippen molar-refractivity contribution in [1.82, 2.24) is 0 Å². The van der Waals surface area contributed by atoms with E-state index in [1.54, 1.807) is 0 Å². The number of nitro benzene ring substituents is 1. The Balaban J connectivity index is 3.10. The Morgan fingerprint density at radius 1 is 1.40 bits per heavy atom. The first kappa shape index (κ1) is 11.9. The van der Waals surface area contributed by atoms with Gasteiger partial charge in [-0.15, -0.1) is 0 Å². The molecule has 0 fully saturated rings. The van der Waals surface area contributed by atoms with E-state index in [0.717, 1.165) is 0 Å². The topological polar surface area (TPSA) is 86.5 Å². The fourth-order valence-corrected chi connectivity index (χ4v) is 1.83. The van der Waals surface area contributed by atoms with Gasteiger partial charge in [-0.1, -0.05) is 18.2 Å². The summed E-state index contributed by atoms with van der Waals surface area (Å²) in [6.45, 7) is 0. The van der Waals surface area contributed by atoms with Crippen molar-refractivity contribution in [1.29, 1.82) is 0 Å². The standard InChI is InChI=1S/C7H6ClNO5S/c8-14-15(12,13)5-6-3-1-2-4-7(6)9(10)11/h1-4H,5H2. The molecule has 0 aliphatic heterocycles. The van der Waals surface area contributed by atoms with Gasteiger partial charge < -0.3 is 0 Å². The summed E-state index contributed by atoms with van der Waals surface area (Å²) in [6.07, 6.45) is 0. The average Bonchev–Trinajstić information content (AvgIpc) is 2.18. The van der Waals surface area contributed by atoms with Gasteiger partial charge in [-0.2, -0.15) is 12.2 Å². The molecule has 8 heteroatoms. The molecule has 1 aromatic rings. The normalized spacial score (nSPS) is 11.3. The van der Waals surface area contributed by atoms with Gasteiger partial charge in [0.1, 0.15) is 5.75 Å². The lowest BCUT2D eigenvalue weighted by molar-refractivity contribution is -0.385. The molecule has 6 nitrogen and oxygen atoms in total. The highest BCUT2D eigenvalue weighted by Crippen LogP contribution is 2.20. The van der Waals surface area contributed by atoms with E-state index in [0.29, 0.717) is 0 Å². The van der Waals surface area contributed by atoms with Gasteiger partial charge in [-0.3, -0.25) is 10.1 Å². The van der Waals surface area contributed by atoms with Crippen LogP contribution in [0.3, 0.4) is 0 Å². The van der Waals surface area contributed by atoms with Crippen LogP contribution in [-0.4, -0.2) is 13.3 Å². The monoisotopic (exact) mass is 251 g/mol. The van der Waals surface area contributed by atoms with Crippen LogP contribution in [0.25, 0.3) is 0 Å². The van der Waals surface area contributed by atoms with Crippen LogP contribution in [-0.2, 0) is 19.6 Å². The maximum atomic E-state index is 11.0. The molecule has 0 heterocycles. The zero-order valence-electron chi connectivity index (χ0n) is 7.29.